The third kappa shape index (κ3) is 2.95. The molecule has 0 bridgehead atoms. The quantitative estimate of drug-likeness (QED) is 0.639. The first-order valence-corrected chi connectivity index (χ1v) is 11.6. The van der Waals surface area contributed by atoms with Gasteiger partial charge in [-0.3, -0.25) is 4.68 Å². The summed E-state index contributed by atoms with van der Waals surface area (Å²) in [6, 6.07) is 6.60. The molecule has 0 unspecified atom stereocenters. The van der Waals surface area contributed by atoms with Gasteiger partial charge in [-0.1, -0.05) is 0 Å². The third-order valence-corrected chi connectivity index (χ3v) is 8.43. The summed E-state index contributed by atoms with van der Waals surface area (Å²) in [7, 11) is -0.0299. The van der Waals surface area contributed by atoms with Crippen LogP contribution in [0.3, 0.4) is 0 Å². The van der Waals surface area contributed by atoms with E-state index >= 15 is 0 Å². The maximum absolute atomic E-state index is 13.1. The number of nitrogens with zero attached hydrogens (tertiary/aromatic N) is 5. The molecule has 1 fully saturated rings. The van der Waals surface area contributed by atoms with E-state index < -0.39 is 10.0 Å². The highest BCUT2D eigenvalue weighted by atomic mass is 32.2. The van der Waals surface area contributed by atoms with Crippen LogP contribution in [0.4, 0.5) is 0 Å². The smallest absolute Gasteiger partial charge is 0.243 e. The number of aryl methyl sites for hydroxylation is 1. The first-order valence-electron chi connectivity index (χ1n) is 10.1. The molecule has 0 aliphatic carbocycles. The largest absolute Gasteiger partial charge is 0.497 e. The minimum atomic E-state index is -3.51. The number of hydrogen-bond acceptors (Lipinski definition) is 5. The van der Waals surface area contributed by atoms with E-state index in [1.54, 1.807) is 40.4 Å². The van der Waals surface area contributed by atoms with Gasteiger partial charge in [0.15, 0.2) is 0 Å². The van der Waals surface area contributed by atoms with Crippen LogP contribution in [0, 0.1) is 0 Å². The van der Waals surface area contributed by atoms with Crippen LogP contribution in [0.25, 0.3) is 11.3 Å². The maximum Gasteiger partial charge on any atom is 0.243 e. The Kier molecular flexibility index (Phi) is 4.48. The van der Waals surface area contributed by atoms with Crippen LogP contribution < -0.4 is 4.74 Å². The Hall–Kier alpha value is -2.65. The zero-order chi connectivity index (χ0) is 20.9. The standard InChI is InChI=1S/C21H25N5O3S/c1-24-15-16(13-23-24)19-14-22-20-21(9-12-26(19)20)7-10-25(11-8-21)30(27,28)18-5-3-17(29-2)4-6-18/h3-6,13-15H,7-12H2,1-2H3. The summed E-state index contributed by atoms with van der Waals surface area (Å²) in [5.74, 6) is 1.73. The van der Waals surface area contributed by atoms with Crippen LogP contribution >= 0.6 is 0 Å². The molecule has 0 amide bonds. The average Bonchev–Trinajstić information content (AvgIpc) is 3.46. The van der Waals surface area contributed by atoms with Crippen LogP contribution in [0.1, 0.15) is 25.1 Å². The lowest BCUT2D eigenvalue weighted by molar-refractivity contribution is 0.228. The summed E-state index contributed by atoms with van der Waals surface area (Å²) in [5.41, 5.74) is 2.10. The molecule has 5 rings (SSSR count). The summed E-state index contributed by atoms with van der Waals surface area (Å²) in [4.78, 5) is 5.08. The van der Waals surface area contributed by atoms with E-state index in [1.807, 2.05) is 25.6 Å². The van der Waals surface area contributed by atoms with Crippen molar-refractivity contribution in [2.45, 2.75) is 36.1 Å². The molecule has 0 saturated carbocycles. The molecule has 0 atom stereocenters. The van der Waals surface area contributed by atoms with E-state index in [0.29, 0.717) is 23.7 Å². The van der Waals surface area contributed by atoms with Crippen molar-refractivity contribution in [3.8, 4) is 17.0 Å². The molecule has 1 spiro atoms. The van der Waals surface area contributed by atoms with Crippen LogP contribution in [0.2, 0.25) is 0 Å². The molecular formula is C21H25N5O3S. The Morgan fingerprint density at radius 2 is 1.73 bits per heavy atom. The number of fused-ring (bicyclic) bond motifs is 2. The summed E-state index contributed by atoms with van der Waals surface area (Å²) in [6.07, 6.45) is 8.35. The molecule has 0 radical (unpaired) electrons. The SMILES string of the molecule is COc1ccc(S(=O)(=O)N2CCC3(CC2)CCn2c(-c4cnn(C)c4)cnc23)cc1. The molecule has 1 saturated heterocycles. The second kappa shape index (κ2) is 6.95. The van der Waals surface area contributed by atoms with Crippen LogP contribution in [-0.2, 0) is 29.0 Å². The van der Waals surface area contributed by atoms with E-state index in [1.165, 1.54) is 0 Å². The minimum Gasteiger partial charge on any atom is -0.497 e. The Balaban J connectivity index is 1.36. The Morgan fingerprint density at radius 1 is 1.03 bits per heavy atom. The zero-order valence-electron chi connectivity index (χ0n) is 17.2. The van der Waals surface area contributed by atoms with E-state index in [2.05, 4.69) is 9.67 Å². The van der Waals surface area contributed by atoms with Gasteiger partial charge in [0.2, 0.25) is 10.0 Å². The van der Waals surface area contributed by atoms with Crippen molar-refractivity contribution in [1.82, 2.24) is 23.6 Å². The van der Waals surface area contributed by atoms with Gasteiger partial charge in [-0.2, -0.15) is 9.40 Å². The second-order valence-electron chi connectivity index (χ2n) is 8.13. The van der Waals surface area contributed by atoms with Crippen molar-refractivity contribution >= 4 is 10.0 Å². The molecule has 158 valence electrons. The lowest BCUT2D eigenvalue weighted by Crippen LogP contribution is -2.44. The van der Waals surface area contributed by atoms with E-state index in [0.717, 1.165) is 42.9 Å². The number of piperidine rings is 1. The monoisotopic (exact) mass is 427 g/mol. The second-order valence-corrected chi connectivity index (χ2v) is 10.1. The van der Waals surface area contributed by atoms with Gasteiger partial charge in [0.25, 0.3) is 0 Å². The normalized spacial score (nSPS) is 18.6. The van der Waals surface area contributed by atoms with Crippen LogP contribution in [-0.4, -0.2) is 52.3 Å². The molecule has 30 heavy (non-hydrogen) atoms. The highest BCUT2D eigenvalue weighted by molar-refractivity contribution is 7.89. The van der Waals surface area contributed by atoms with Crippen molar-refractivity contribution in [3.05, 3.63) is 48.7 Å². The lowest BCUT2D eigenvalue weighted by Gasteiger charge is -2.37. The van der Waals surface area contributed by atoms with Gasteiger partial charge in [0.1, 0.15) is 11.6 Å². The molecule has 9 heteroatoms. The first-order chi connectivity index (χ1) is 14.4. The maximum atomic E-state index is 13.1. The summed E-state index contributed by atoms with van der Waals surface area (Å²) in [6.45, 7) is 1.91. The van der Waals surface area contributed by atoms with Gasteiger partial charge in [-0.15, -0.1) is 0 Å². The van der Waals surface area contributed by atoms with Crippen LogP contribution in [0.5, 0.6) is 5.75 Å². The number of ether oxygens (including phenoxy) is 1. The highest BCUT2D eigenvalue weighted by Crippen LogP contribution is 2.45. The summed E-state index contributed by atoms with van der Waals surface area (Å²) < 4.78 is 37.0. The fourth-order valence-corrected chi connectivity index (χ4v) is 6.21. The highest BCUT2D eigenvalue weighted by Gasteiger charge is 2.45. The van der Waals surface area contributed by atoms with Crippen molar-refractivity contribution in [3.63, 3.8) is 0 Å². The number of benzene rings is 1. The number of aromatic nitrogens is 4. The Bertz CT molecular complexity index is 1170. The average molecular weight is 428 g/mol. The molecule has 1 aromatic carbocycles. The minimum absolute atomic E-state index is 0.0492. The van der Waals surface area contributed by atoms with E-state index in [-0.39, 0.29) is 5.41 Å². The van der Waals surface area contributed by atoms with Gasteiger partial charge in [-0.05, 0) is 43.5 Å². The van der Waals surface area contributed by atoms with Gasteiger partial charge in [0, 0.05) is 43.9 Å². The molecule has 8 nitrogen and oxygen atoms in total. The Morgan fingerprint density at radius 3 is 2.37 bits per heavy atom. The van der Waals surface area contributed by atoms with Gasteiger partial charge in [-0.25, -0.2) is 13.4 Å². The van der Waals surface area contributed by atoms with Crippen molar-refractivity contribution < 1.29 is 13.2 Å². The molecule has 4 heterocycles. The predicted octanol–water partition coefficient (Wildman–Crippen LogP) is 2.42. The molecule has 2 aromatic heterocycles. The predicted molar refractivity (Wildman–Crippen MR) is 112 cm³/mol. The fraction of sp³-hybridized carbons (Fsp3) is 0.429. The first kappa shape index (κ1) is 19.3. The summed E-state index contributed by atoms with van der Waals surface area (Å²) >= 11 is 0. The topological polar surface area (TPSA) is 82.3 Å². The van der Waals surface area contributed by atoms with Crippen molar-refractivity contribution in [2.24, 2.45) is 7.05 Å². The molecule has 3 aromatic rings. The third-order valence-electron chi connectivity index (χ3n) is 6.52. The molecule has 2 aliphatic heterocycles. The van der Waals surface area contributed by atoms with E-state index in [9.17, 15) is 8.42 Å². The van der Waals surface area contributed by atoms with Gasteiger partial charge < -0.3 is 9.30 Å². The summed E-state index contributed by atoms with van der Waals surface area (Å²) in [5, 5.41) is 4.27. The number of methoxy groups -OCH3 is 1. The molecule has 2 aliphatic rings. The Labute approximate surface area is 176 Å². The number of hydrogen-bond donors (Lipinski definition) is 0. The number of rotatable bonds is 4. The number of imidazole rings is 1. The fourth-order valence-electron chi connectivity index (χ4n) is 4.77. The lowest BCUT2D eigenvalue weighted by atomic mass is 9.77. The van der Waals surface area contributed by atoms with Crippen molar-refractivity contribution in [1.29, 1.82) is 0 Å². The molecule has 0 N–H and O–H groups in total. The van der Waals surface area contributed by atoms with Gasteiger partial charge >= 0.3 is 0 Å². The van der Waals surface area contributed by atoms with E-state index in [4.69, 9.17) is 9.72 Å². The van der Waals surface area contributed by atoms with Crippen molar-refractivity contribution in [2.75, 3.05) is 20.2 Å². The zero-order valence-corrected chi connectivity index (χ0v) is 18.0. The van der Waals surface area contributed by atoms with Gasteiger partial charge in [0.05, 0.1) is 30.1 Å². The van der Waals surface area contributed by atoms with Crippen LogP contribution in [0.15, 0.2) is 47.8 Å². The molecular weight excluding hydrogens is 402 g/mol. The number of sulfonamides is 1.